The zero-order chi connectivity index (χ0) is 20.5. The van der Waals surface area contributed by atoms with Gasteiger partial charge in [-0.3, -0.25) is 0 Å². The Hall–Kier alpha value is -3.66. The van der Waals surface area contributed by atoms with Crippen molar-refractivity contribution in [1.29, 1.82) is 0 Å². The maximum absolute atomic E-state index is 10.6. The summed E-state index contributed by atoms with van der Waals surface area (Å²) in [6.45, 7) is 0.0702. The second-order valence-corrected chi connectivity index (χ2v) is 6.77. The molecule has 0 radical (unpaired) electrons. The third-order valence-corrected chi connectivity index (χ3v) is 4.50. The summed E-state index contributed by atoms with van der Waals surface area (Å²) in [7, 11) is 0. The van der Waals surface area contributed by atoms with Gasteiger partial charge in [-0.1, -0.05) is 42.1 Å². The molecule has 0 aliphatic carbocycles. The predicted octanol–water partition coefficient (Wildman–Crippen LogP) is 3.41. The van der Waals surface area contributed by atoms with Crippen LogP contribution in [-0.2, 0) is 12.5 Å². The molecule has 2 N–H and O–H groups in total. The van der Waals surface area contributed by atoms with Crippen LogP contribution in [0.4, 0.5) is 5.82 Å². The van der Waals surface area contributed by atoms with Crippen LogP contribution in [0.15, 0.2) is 77.1 Å². The first-order valence-corrected chi connectivity index (χ1v) is 9.52. The van der Waals surface area contributed by atoms with Gasteiger partial charge in [0.15, 0.2) is 5.17 Å². The Morgan fingerprint density at radius 1 is 1.21 bits per heavy atom. The lowest BCUT2D eigenvalue weighted by Gasteiger charge is -2.03. The summed E-state index contributed by atoms with van der Waals surface area (Å²) in [5.41, 5.74) is 7.85. The largest absolute Gasteiger partial charge is 0.469 e. The molecule has 0 bridgehead atoms. The average Bonchev–Trinajstić information content (AvgIpc) is 3.22. The predicted molar refractivity (Wildman–Crippen MR) is 113 cm³/mol. The van der Waals surface area contributed by atoms with E-state index in [1.54, 1.807) is 18.3 Å². The molecule has 1 heterocycles. The maximum atomic E-state index is 10.6. The van der Waals surface area contributed by atoms with Crippen molar-refractivity contribution in [2.24, 2.45) is 15.9 Å². The van der Waals surface area contributed by atoms with E-state index in [2.05, 4.69) is 15.3 Å². The van der Waals surface area contributed by atoms with E-state index in [9.17, 15) is 10.1 Å². The van der Waals surface area contributed by atoms with Gasteiger partial charge in [0, 0.05) is 5.75 Å². The number of hydrogen-bond donors (Lipinski definition) is 1. The average molecular weight is 410 g/mol. The molecule has 0 atom stereocenters. The number of ether oxygens (including phenoxy) is 1. The molecular formula is C19H18N6O3S. The SMILES string of the molecule is NC(=NN=Cc1ccc(OCn2ccc([N+](=O)[O-])n2)cc1)SCc1ccccc1. The molecule has 0 saturated carbocycles. The smallest absolute Gasteiger partial charge is 0.390 e. The highest BCUT2D eigenvalue weighted by Crippen LogP contribution is 2.14. The van der Waals surface area contributed by atoms with Crippen LogP contribution in [-0.4, -0.2) is 26.1 Å². The van der Waals surface area contributed by atoms with E-state index in [1.165, 1.54) is 34.3 Å². The minimum absolute atomic E-state index is 0.0702. The minimum Gasteiger partial charge on any atom is -0.469 e. The van der Waals surface area contributed by atoms with Gasteiger partial charge in [-0.25, -0.2) is 0 Å². The van der Waals surface area contributed by atoms with E-state index in [0.717, 1.165) is 11.3 Å². The Labute approximate surface area is 171 Å². The standard InChI is InChI=1S/C19H18N6O3S/c20-19(29-13-16-4-2-1-3-5-16)22-21-12-15-6-8-17(9-7-15)28-14-24-11-10-18(23-24)25(26)27/h1-12H,13-14H2,(H2,20,22). The van der Waals surface area contributed by atoms with Crippen LogP contribution in [0.25, 0.3) is 0 Å². The highest BCUT2D eigenvalue weighted by molar-refractivity contribution is 8.13. The van der Waals surface area contributed by atoms with Gasteiger partial charge < -0.3 is 20.6 Å². The maximum Gasteiger partial charge on any atom is 0.390 e. The second-order valence-electron chi connectivity index (χ2n) is 5.77. The number of hydrogen-bond acceptors (Lipinski definition) is 7. The van der Waals surface area contributed by atoms with E-state index in [-0.39, 0.29) is 12.5 Å². The normalized spacial score (nSPS) is 11.7. The molecule has 29 heavy (non-hydrogen) atoms. The first kappa shape index (κ1) is 20.1. The molecule has 9 nitrogen and oxygen atoms in total. The van der Waals surface area contributed by atoms with Gasteiger partial charge in [0.1, 0.15) is 5.75 Å². The summed E-state index contributed by atoms with van der Waals surface area (Å²) < 4.78 is 6.88. The molecule has 0 saturated heterocycles. The van der Waals surface area contributed by atoms with Gasteiger partial charge in [-0.15, -0.1) is 9.78 Å². The summed E-state index contributed by atoms with van der Waals surface area (Å²) in [6, 6.07) is 18.4. The second kappa shape index (κ2) is 10.0. The Bertz CT molecular complexity index is 1000. The molecule has 3 aromatic rings. The Morgan fingerprint density at radius 3 is 2.66 bits per heavy atom. The van der Waals surface area contributed by atoms with Crippen molar-refractivity contribution in [3.05, 3.63) is 88.1 Å². The highest BCUT2D eigenvalue weighted by Gasteiger charge is 2.10. The van der Waals surface area contributed by atoms with Crippen LogP contribution in [0.5, 0.6) is 5.75 Å². The van der Waals surface area contributed by atoms with Crippen molar-refractivity contribution in [1.82, 2.24) is 9.78 Å². The highest BCUT2D eigenvalue weighted by atomic mass is 32.2. The van der Waals surface area contributed by atoms with Crippen molar-refractivity contribution in [2.75, 3.05) is 0 Å². The first-order chi connectivity index (χ1) is 14.1. The van der Waals surface area contributed by atoms with Crippen LogP contribution in [0.2, 0.25) is 0 Å². The molecular weight excluding hydrogens is 392 g/mol. The fourth-order valence-corrected chi connectivity index (χ4v) is 2.84. The van der Waals surface area contributed by atoms with Gasteiger partial charge in [-0.05, 0) is 40.3 Å². The molecule has 0 aliphatic heterocycles. The molecule has 0 aliphatic rings. The van der Waals surface area contributed by atoms with Crippen molar-refractivity contribution in [2.45, 2.75) is 12.5 Å². The zero-order valence-electron chi connectivity index (χ0n) is 15.3. The topological polar surface area (TPSA) is 121 Å². The molecule has 0 spiro atoms. The van der Waals surface area contributed by atoms with Gasteiger partial charge in [0.05, 0.1) is 23.6 Å². The van der Waals surface area contributed by atoms with Crippen molar-refractivity contribution in [3.63, 3.8) is 0 Å². The number of amidine groups is 1. The number of thioether (sulfide) groups is 1. The number of aromatic nitrogens is 2. The molecule has 0 amide bonds. The summed E-state index contributed by atoms with van der Waals surface area (Å²) in [5, 5.41) is 22.8. The van der Waals surface area contributed by atoms with E-state index in [1.807, 2.05) is 42.5 Å². The summed E-state index contributed by atoms with van der Waals surface area (Å²) in [4.78, 5) is 10.1. The zero-order valence-corrected chi connectivity index (χ0v) is 16.1. The fourth-order valence-electron chi connectivity index (χ4n) is 2.22. The summed E-state index contributed by atoms with van der Waals surface area (Å²) in [6.07, 6.45) is 3.08. The number of rotatable bonds is 8. The Morgan fingerprint density at radius 2 is 1.97 bits per heavy atom. The molecule has 0 unspecified atom stereocenters. The minimum atomic E-state index is -0.556. The lowest BCUT2D eigenvalue weighted by Crippen LogP contribution is -2.06. The molecule has 2 aromatic carbocycles. The van der Waals surface area contributed by atoms with Crippen molar-refractivity contribution < 1.29 is 9.66 Å². The molecule has 3 rings (SSSR count). The molecule has 1 aromatic heterocycles. The van der Waals surface area contributed by atoms with Crippen molar-refractivity contribution >= 4 is 29.0 Å². The van der Waals surface area contributed by atoms with Gasteiger partial charge >= 0.3 is 5.82 Å². The van der Waals surface area contributed by atoms with Crippen LogP contribution in [0.1, 0.15) is 11.1 Å². The first-order valence-electron chi connectivity index (χ1n) is 8.54. The van der Waals surface area contributed by atoms with Gasteiger partial charge in [0.2, 0.25) is 6.73 Å². The quantitative estimate of drug-likeness (QED) is 0.263. The van der Waals surface area contributed by atoms with Gasteiger partial charge in [-0.2, -0.15) is 5.10 Å². The van der Waals surface area contributed by atoms with Crippen LogP contribution in [0, 0.1) is 10.1 Å². The number of benzene rings is 2. The number of nitrogens with zero attached hydrogens (tertiary/aromatic N) is 5. The van der Waals surface area contributed by atoms with Crippen LogP contribution in [0.3, 0.4) is 0 Å². The van der Waals surface area contributed by atoms with Crippen LogP contribution < -0.4 is 10.5 Å². The van der Waals surface area contributed by atoms with Crippen LogP contribution >= 0.6 is 11.8 Å². The monoisotopic (exact) mass is 410 g/mol. The third kappa shape index (κ3) is 6.47. The van der Waals surface area contributed by atoms with E-state index in [0.29, 0.717) is 10.9 Å². The summed E-state index contributed by atoms with van der Waals surface area (Å²) in [5.74, 6) is 1.11. The molecule has 148 valence electrons. The van der Waals surface area contributed by atoms with E-state index >= 15 is 0 Å². The van der Waals surface area contributed by atoms with E-state index in [4.69, 9.17) is 10.5 Å². The Kier molecular flexibility index (Phi) is 6.95. The third-order valence-electron chi connectivity index (χ3n) is 3.65. The molecule has 10 heteroatoms. The fraction of sp³-hybridized carbons (Fsp3) is 0.105. The summed E-state index contributed by atoms with van der Waals surface area (Å²) >= 11 is 1.42. The lowest BCUT2D eigenvalue weighted by molar-refractivity contribution is -0.389. The lowest BCUT2D eigenvalue weighted by atomic mass is 10.2. The van der Waals surface area contributed by atoms with Crippen molar-refractivity contribution in [3.8, 4) is 5.75 Å². The van der Waals surface area contributed by atoms with E-state index < -0.39 is 4.92 Å². The number of nitrogens with two attached hydrogens (primary N) is 1. The molecule has 0 fully saturated rings. The number of nitro groups is 1. The Balaban J connectivity index is 1.47. The van der Waals surface area contributed by atoms with Gasteiger partial charge in [0.25, 0.3) is 0 Å².